The molecule has 0 aliphatic rings. The Hall–Kier alpha value is -2.24. The molecule has 0 radical (unpaired) electrons. The molecule has 2 rings (SSSR count). The monoisotopic (exact) mass is 286 g/mol. The molecule has 0 N–H and O–H groups in total. The maximum Gasteiger partial charge on any atom is 0.573 e. The smallest absolute Gasteiger partial charge is 0.489 e. The summed E-state index contributed by atoms with van der Waals surface area (Å²) in [5.41, 5.74) is 0.642. The minimum Gasteiger partial charge on any atom is -0.489 e. The molecule has 6 heteroatoms. The average molecular weight is 286 g/mol. The molecule has 0 aliphatic heterocycles. The Labute approximate surface area is 112 Å². The number of halogens is 4. The van der Waals surface area contributed by atoms with Gasteiger partial charge in [-0.1, -0.05) is 18.2 Å². The van der Waals surface area contributed by atoms with E-state index < -0.39 is 12.2 Å². The maximum atomic E-state index is 12.9. The van der Waals surface area contributed by atoms with Crippen molar-refractivity contribution in [2.75, 3.05) is 0 Å². The zero-order chi connectivity index (χ0) is 14.6. The standard InChI is InChI=1S/C14H10F4O2/c15-11-2-1-3-13(8-11)19-9-10-4-6-12(7-5-10)20-14(16,17)18/h1-8H,9H2. The van der Waals surface area contributed by atoms with Crippen LogP contribution in [-0.4, -0.2) is 6.36 Å². The van der Waals surface area contributed by atoms with Gasteiger partial charge in [-0.05, 0) is 29.8 Å². The van der Waals surface area contributed by atoms with Gasteiger partial charge < -0.3 is 9.47 Å². The summed E-state index contributed by atoms with van der Waals surface area (Å²) in [5.74, 6) is -0.371. The third-order valence-electron chi connectivity index (χ3n) is 2.36. The van der Waals surface area contributed by atoms with E-state index in [-0.39, 0.29) is 12.4 Å². The molecule has 0 spiro atoms. The Balaban J connectivity index is 1.94. The summed E-state index contributed by atoms with van der Waals surface area (Å²) < 4.78 is 57.9. The van der Waals surface area contributed by atoms with E-state index in [2.05, 4.69) is 4.74 Å². The zero-order valence-corrected chi connectivity index (χ0v) is 10.2. The van der Waals surface area contributed by atoms with Crippen molar-refractivity contribution in [3.05, 3.63) is 59.9 Å². The highest BCUT2D eigenvalue weighted by molar-refractivity contribution is 5.28. The van der Waals surface area contributed by atoms with Crippen molar-refractivity contribution in [1.29, 1.82) is 0 Å². The summed E-state index contributed by atoms with van der Waals surface area (Å²) in [5, 5.41) is 0. The molecule has 0 fully saturated rings. The molecule has 2 nitrogen and oxygen atoms in total. The predicted molar refractivity (Wildman–Crippen MR) is 63.9 cm³/mol. The molecule has 106 valence electrons. The Bertz CT molecular complexity index is 564. The topological polar surface area (TPSA) is 18.5 Å². The third kappa shape index (κ3) is 4.46. The second kappa shape index (κ2) is 5.81. The fourth-order valence-corrected chi connectivity index (χ4v) is 1.51. The average Bonchev–Trinajstić information content (AvgIpc) is 2.36. The van der Waals surface area contributed by atoms with E-state index in [1.807, 2.05) is 0 Å². The number of rotatable bonds is 4. The van der Waals surface area contributed by atoms with Gasteiger partial charge in [-0.15, -0.1) is 13.2 Å². The summed E-state index contributed by atoms with van der Waals surface area (Å²) in [6.45, 7) is 0.121. The Kier molecular flexibility index (Phi) is 4.12. The van der Waals surface area contributed by atoms with Gasteiger partial charge in [0.2, 0.25) is 0 Å². The van der Waals surface area contributed by atoms with Crippen molar-refractivity contribution in [3.8, 4) is 11.5 Å². The van der Waals surface area contributed by atoms with E-state index in [1.165, 1.54) is 42.5 Å². The summed E-state index contributed by atoms with van der Waals surface area (Å²) in [6.07, 6.45) is -4.71. The van der Waals surface area contributed by atoms with Crippen molar-refractivity contribution in [1.82, 2.24) is 0 Å². The molecule has 0 saturated heterocycles. The molecule has 2 aromatic carbocycles. The lowest BCUT2D eigenvalue weighted by atomic mass is 10.2. The molecular formula is C14H10F4O2. The van der Waals surface area contributed by atoms with E-state index >= 15 is 0 Å². The number of hydrogen-bond acceptors (Lipinski definition) is 2. The van der Waals surface area contributed by atoms with E-state index in [9.17, 15) is 17.6 Å². The largest absolute Gasteiger partial charge is 0.573 e. The highest BCUT2D eigenvalue weighted by atomic mass is 19.4. The van der Waals surface area contributed by atoms with Gasteiger partial charge >= 0.3 is 6.36 Å². The minimum atomic E-state index is -4.71. The second-order valence-corrected chi connectivity index (χ2v) is 3.94. The SMILES string of the molecule is Fc1cccc(OCc2ccc(OC(F)(F)F)cc2)c1. The summed E-state index contributed by atoms with van der Waals surface area (Å²) in [7, 11) is 0. The van der Waals surface area contributed by atoms with Gasteiger partial charge in [0.05, 0.1) is 0 Å². The first kappa shape index (κ1) is 14.2. The van der Waals surface area contributed by atoms with Crippen LogP contribution in [0, 0.1) is 5.82 Å². The van der Waals surface area contributed by atoms with Crippen LogP contribution in [0.2, 0.25) is 0 Å². The van der Waals surface area contributed by atoms with Crippen LogP contribution >= 0.6 is 0 Å². The van der Waals surface area contributed by atoms with Crippen molar-refractivity contribution in [2.45, 2.75) is 13.0 Å². The molecule has 0 saturated carbocycles. The van der Waals surface area contributed by atoms with Gasteiger partial charge in [0.25, 0.3) is 0 Å². The van der Waals surface area contributed by atoms with Gasteiger partial charge in [0.1, 0.15) is 23.9 Å². The third-order valence-corrected chi connectivity index (χ3v) is 2.36. The van der Waals surface area contributed by atoms with E-state index in [0.717, 1.165) is 0 Å². The normalized spacial score (nSPS) is 11.2. The molecule has 0 atom stereocenters. The fraction of sp³-hybridized carbons (Fsp3) is 0.143. The van der Waals surface area contributed by atoms with Crippen molar-refractivity contribution >= 4 is 0 Å². The number of hydrogen-bond donors (Lipinski definition) is 0. The van der Waals surface area contributed by atoms with Gasteiger partial charge in [0.15, 0.2) is 0 Å². The lowest BCUT2D eigenvalue weighted by molar-refractivity contribution is -0.274. The van der Waals surface area contributed by atoms with E-state index in [1.54, 1.807) is 6.07 Å². The van der Waals surface area contributed by atoms with Crippen LogP contribution < -0.4 is 9.47 Å². The first-order chi connectivity index (χ1) is 9.42. The van der Waals surface area contributed by atoms with Gasteiger partial charge in [-0.2, -0.15) is 0 Å². The molecule has 0 aromatic heterocycles. The summed E-state index contributed by atoms with van der Waals surface area (Å²) in [6, 6.07) is 10.9. The van der Waals surface area contributed by atoms with Crippen molar-refractivity contribution < 1.29 is 27.0 Å². The second-order valence-electron chi connectivity index (χ2n) is 3.94. The molecule has 2 aromatic rings. The highest BCUT2D eigenvalue weighted by Gasteiger charge is 2.30. The van der Waals surface area contributed by atoms with Crippen LogP contribution in [0.25, 0.3) is 0 Å². The maximum absolute atomic E-state index is 12.9. The van der Waals surface area contributed by atoms with Gasteiger partial charge in [0, 0.05) is 6.07 Å². The molecular weight excluding hydrogens is 276 g/mol. The van der Waals surface area contributed by atoms with Crippen LogP contribution in [0.1, 0.15) is 5.56 Å². The highest BCUT2D eigenvalue weighted by Crippen LogP contribution is 2.23. The van der Waals surface area contributed by atoms with E-state index in [0.29, 0.717) is 11.3 Å². The van der Waals surface area contributed by atoms with Crippen LogP contribution in [0.5, 0.6) is 11.5 Å². The Morgan fingerprint density at radius 3 is 2.20 bits per heavy atom. The number of alkyl halides is 3. The van der Waals surface area contributed by atoms with Gasteiger partial charge in [-0.25, -0.2) is 4.39 Å². The van der Waals surface area contributed by atoms with Gasteiger partial charge in [-0.3, -0.25) is 0 Å². The fourth-order valence-electron chi connectivity index (χ4n) is 1.51. The van der Waals surface area contributed by atoms with E-state index in [4.69, 9.17) is 4.74 Å². The van der Waals surface area contributed by atoms with Crippen molar-refractivity contribution in [2.24, 2.45) is 0 Å². The molecule has 0 unspecified atom stereocenters. The molecule has 0 bridgehead atoms. The van der Waals surface area contributed by atoms with Crippen molar-refractivity contribution in [3.63, 3.8) is 0 Å². The molecule has 20 heavy (non-hydrogen) atoms. The Morgan fingerprint density at radius 1 is 0.900 bits per heavy atom. The Morgan fingerprint density at radius 2 is 1.60 bits per heavy atom. The number of ether oxygens (including phenoxy) is 2. The first-order valence-electron chi connectivity index (χ1n) is 5.65. The lowest BCUT2D eigenvalue weighted by Gasteiger charge is -2.10. The minimum absolute atomic E-state index is 0.121. The van der Waals surface area contributed by atoms with Crippen LogP contribution in [0.4, 0.5) is 17.6 Å². The first-order valence-corrected chi connectivity index (χ1v) is 5.65. The van der Waals surface area contributed by atoms with Crippen LogP contribution in [0.3, 0.4) is 0 Å². The van der Waals surface area contributed by atoms with Crippen LogP contribution in [-0.2, 0) is 6.61 Å². The number of benzene rings is 2. The quantitative estimate of drug-likeness (QED) is 0.780. The lowest BCUT2D eigenvalue weighted by Crippen LogP contribution is -2.17. The predicted octanol–water partition coefficient (Wildman–Crippen LogP) is 4.30. The molecule has 0 heterocycles. The molecule has 0 aliphatic carbocycles. The molecule has 0 amide bonds. The van der Waals surface area contributed by atoms with Crippen LogP contribution in [0.15, 0.2) is 48.5 Å². The zero-order valence-electron chi connectivity index (χ0n) is 10.2. The summed E-state index contributed by atoms with van der Waals surface area (Å²) >= 11 is 0. The summed E-state index contributed by atoms with van der Waals surface area (Å²) in [4.78, 5) is 0.